The Kier molecular flexibility index (Phi) is 2.76. The number of hydrogen-bond donors (Lipinski definition) is 1. The van der Waals surface area contributed by atoms with Crippen LogP contribution >= 0.6 is 0 Å². The molecule has 0 atom stereocenters. The normalized spacial score (nSPS) is 20.3. The third-order valence-electron chi connectivity index (χ3n) is 3.31. The van der Waals surface area contributed by atoms with Gasteiger partial charge in [0.15, 0.2) is 0 Å². The summed E-state index contributed by atoms with van der Waals surface area (Å²) in [4.78, 5) is 6.48. The lowest BCUT2D eigenvalue weighted by molar-refractivity contribution is 0.0313. The van der Waals surface area contributed by atoms with Crippen molar-refractivity contribution >= 4 is 0 Å². The minimum atomic E-state index is 0.0300. The maximum absolute atomic E-state index is 6.23. The van der Waals surface area contributed by atoms with Crippen molar-refractivity contribution < 1.29 is 0 Å². The summed E-state index contributed by atoms with van der Waals surface area (Å²) in [5, 5.41) is 0. The highest BCUT2D eigenvalue weighted by molar-refractivity contribution is 5.11. The molecular weight excluding hydrogens is 186 g/mol. The zero-order valence-electron chi connectivity index (χ0n) is 9.48. The number of rotatable bonds is 3. The molecule has 3 heteroatoms. The highest BCUT2D eigenvalue weighted by atomic mass is 15.2. The van der Waals surface area contributed by atoms with E-state index in [0.717, 1.165) is 19.6 Å². The van der Waals surface area contributed by atoms with Crippen LogP contribution in [0, 0.1) is 5.92 Å². The van der Waals surface area contributed by atoms with Gasteiger partial charge in [0.2, 0.25) is 0 Å². The fourth-order valence-corrected chi connectivity index (χ4v) is 2.01. The van der Waals surface area contributed by atoms with Gasteiger partial charge in [0, 0.05) is 37.6 Å². The highest BCUT2D eigenvalue weighted by Gasteiger charge is 2.41. The Morgan fingerprint density at radius 3 is 2.80 bits per heavy atom. The van der Waals surface area contributed by atoms with Crippen LogP contribution < -0.4 is 5.73 Å². The first kappa shape index (κ1) is 10.6. The lowest BCUT2D eigenvalue weighted by Crippen LogP contribution is -2.69. The Morgan fingerprint density at radius 1 is 1.53 bits per heavy atom. The molecule has 82 valence electrons. The molecule has 0 spiro atoms. The molecule has 0 radical (unpaired) electrons. The van der Waals surface area contributed by atoms with Crippen LogP contribution in [0.1, 0.15) is 19.4 Å². The van der Waals surface area contributed by atoms with Crippen molar-refractivity contribution in [2.75, 3.05) is 13.1 Å². The zero-order valence-corrected chi connectivity index (χ0v) is 9.48. The monoisotopic (exact) mass is 205 g/mol. The van der Waals surface area contributed by atoms with Gasteiger partial charge in [0.25, 0.3) is 0 Å². The van der Waals surface area contributed by atoms with Crippen molar-refractivity contribution in [3.63, 3.8) is 0 Å². The smallest absolute Gasteiger partial charge is 0.0435 e. The summed E-state index contributed by atoms with van der Waals surface area (Å²) in [7, 11) is 0. The van der Waals surface area contributed by atoms with Crippen LogP contribution in [0.2, 0.25) is 0 Å². The quantitative estimate of drug-likeness (QED) is 0.807. The molecule has 1 saturated heterocycles. The average Bonchev–Trinajstić information content (AvgIpc) is 2.16. The summed E-state index contributed by atoms with van der Waals surface area (Å²) in [6, 6.07) is 4.09. The highest BCUT2D eigenvalue weighted by Crippen LogP contribution is 2.27. The summed E-state index contributed by atoms with van der Waals surface area (Å²) < 4.78 is 0. The van der Waals surface area contributed by atoms with E-state index < -0.39 is 0 Å². The van der Waals surface area contributed by atoms with E-state index in [9.17, 15) is 0 Å². The standard InChI is InChI=1S/C12H19N3/c1-10(2)12(13)8-15(9-12)7-11-4-3-5-14-6-11/h3-6,10H,7-9,13H2,1-2H3. The second-order valence-corrected chi connectivity index (χ2v) is 4.89. The van der Waals surface area contributed by atoms with Crippen LogP contribution in [0.3, 0.4) is 0 Å². The Labute approximate surface area is 91.3 Å². The lowest BCUT2D eigenvalue weighted by Gasteiger charge is -2.50. The van der Waals surface area contributed by atoms with Gasteiger partial charge in [-0.25, -0.2) is 0 Å². The Balaban J connectivity index is 1.86. The Morgan fingerprint density at radius 2 is 2.27 bits per heavy atom. The molecule has 1 aromatic rings. The molecule has 1 fully saturated rings. The summed E-state index contributed by atoms with van der Waals surface area (Å²) >= 11 is 0. The first-order valence-electron chi connectivity index (χ1n) is 5.50. The van der Waals surface area contributed by atoms with Crippen LogP contribution in [0.15, 0.2) is 24.5 Å². The number of nitrogens with zero attached hydrogens (tertiary/aromatic N) is 2. The van der Waals surface area contributed by atoms with Gasteiger partial charge in [-0.05, 0) is 17.5 Å². The molecule has 15 heavy (non-hydrogen) atoms. The fraction of sp³-hybridized carbons (Fsp3) is 0.583. The minimum Gasteiger partial charge on any atom is -0.323 e. The maximum Gasteiger partial charge on any atom is 0.0435 e. The number of likely N-dealkylation sites (tertiary alicyclic amines) is 1. The van der Waals surface area contributed by atoms with E-state index in [4.69, 9.17) is 5.73 Å². The molecule has 0 aliphatic carbocycles. The van der Waals surface area contributed by atoms with E-state index in [1.165, 1.54) is 5.56 Å². The predicted molar refractivity (Wildman–Crippen MR) is 61.3 cm³/mol. The molecule has 0 aromatic carbocycles. The molecule has 2 heterocycles. The van der Waals surface area contributed by atoms with Crippen molar-refractivity contribution in [1.82, 2.24) is 9.88 Å². The average molecular weight is 205 g/mol. The molecule has 0 amide bonds. The van der Waals surface area contributed by atoms with Gasteiger partial charge in [0.1, 0.15) is 0 Å². The van der Waals surface area contributed by atoms with Gasteiger partial charge >= 0.3 is 0 Å². The van der Waals surface area contributed by atoms with Crippen molar-refractivity contribution in [2.45, 2.75) is 25.9 Å². The number of aromatic nitrogens is 1. The molecule has 1 aliphatic rings. The minimum absolute atomic E-state index is 0.0300. The lowest BCUT2D eigenvalue weighted by atomic mass is 9.80. The maximum atomic E-state index is 6.23. The molecule has 0 unspecified atom stereocenters. The molecule has 3 nitrogen and oxygen atoms in total. The van der Waals surface area contributed by atoms with Crippen LogP contribution in [-0.4, -0.2) is 28.5 Å². The van der Waals surface area contributed by atoms with E-state index in [2.05, 4.69) is 29.8 Å². The van der Waals surface area contributed by atoms with Crippen LogP contribution in [0.5, 0.6) is 0 Å². The summed E-state index contributed by atoms with van der Waals surface area (Å²) in [6.45, 7) is 7.36. The first-order valence-corrected chi connectivity index (χ1v) is 5.50. The number of nitrogens with two attached hydrogens (primary N) is 1. The van der Waals surface area contributed by atoms with E-state index in [-0.39, 0.29) is 5.54 Å². The fourth-order valence-electron chi connectivity index (χ4n) is 2.01. The second-order valence-electron chi connectivity index (χ2n) is 4.89. The van der Waals surface area contributed by atoms with Crippen LogP contribution in [0.25, 0.3) is 0 Å². The Hall–Kier alpha value is -0.930. The third kappa shape index (κ3) is 2.19. The predicted octanol–water partition coefficient (Wildman–Crippen LogP) is 1.25. The largest absolute Gasteiger partial charge is 0.323 e. The summed E-state index contributed by atoms with van der Waals surface area (Å²) in [5.41, 5.74) is 7.53. The van der Waals surface area contributed by atoms with Gasteiger partial charge in [-0.15, -0.1) is 0 Å². The van der Waals surface area contributed by atoms with Crippen molar-refractivity contribution in [3.8, 4) is 0 Å². The zero-order chi connectivity index (χ0) is 10.9. The first-order chi connectivity index (χ1) is 7.10. The van der Waals surface area contributed by atoms with E-state index in [0.29, 0.717) is 5.92 Å². The Bertz CT molecular complexity index is 315. The van der Waals surface area contributed by atoms with Gasteiger partial charge in [0.05, 0.1) is 0 Å². The summed E-state index contributed by atoms with van der Waals surface area (Å²) in [5.74, 6) is 0.558. The number of pyridine rings is 1. The van der Waals surface area contributed by atoms with Crippen LogP contribution in [0.4, 0.5) is 0 Å². The molecule has 2 N–H and O–H groups in total. The molecular formula is C12H19N3. The van der Waals surface area contributed by atoms with Gasteiger partial charge in [-0.2, -0.15) is 0 Å². The van der Waals surface area contributed by atoms with E-state index in [1.54, 1.807) is 6.20 Å². The second kappa shape index (κ2) is 3.91. The third-order valence-corrected chi connectivity index (χ3v) is 3.31. The molecule has 2 rings (SSSR count). The summed E-state index contributed by atoms with van der Waals surface area (Å²) in [6.07, 6.45) is 3.73. The molecule has 1 aliphatic heterocycles. The molecule has 1 aromatic heterocycles. The van der Waals surface area contributed by atoms with Crippen molar-refractivity contribution in [2.24, 2.45) is 11.7 Å². The molecule has 0 saturated carbocycles. The van der Waals surface area contributed by atoms with Crippen LogP contribution in [-0.2, 0) is 6.54 Å². The van der Waals surface area contributed by atoms with Gasteiger partial charge in [-0.1, -0.05) is 19.9 Å². The van der Waals surface area contributed by atoms with E-state index >= 15 is 0 Å². The van der Waals surface area contributed by atoms with Gasteiger partial charge in [-0.3, -0.25) is 9.88 Å². The van der Waals surface area contributed by atoms with Crippen molar-refractivity contribution in [1.29, 1.82) is 0 Å². The topological polar surface area (TPSA) is 42.1 Å². The number of hydrogen-bond acceptors (Lipinski definition) is 3. The van der Waals surface area contributed by atoms with E-state index in [1.807, 2.05) is 12.3 Å². The van der Waals surface area contributed by atoms with Crippen molar-refractivity contribution in [3.05, 3.63) is 30.1 Å². The van der Waals surface area contributed by atoms with Gasteiger partial charge < -0.3 is 5.73 Å². The SMILES string of the molecule is CC(C)C1(N)CN(Cc2cccnc2)C1. The molecule has 0 bridgehead atoms.